The first-order chi connectivity index (χ1) is 12.4. The minimum atomic E-state index is -1.09. The van der Waals surface area contributed by atoms with E-state index in [9.17, 15) is 19.5 Å². The summed E-state index contributed by atoms with van der Waals surface area (Å²) in [5.74, 6) is -1.30. The molecule has 0 aliphatic carbocycles. The van der Waals surface area contributed by atoms with Gasteiger partial charge in [0.1, 0.15) is 0 Å². The van der Waals surface area contributed by atoms with Gasteiger partial charge in [0.15, 0.2) is 0 Å². The highest BCUT2D eigenvalue weighted by Crippen LogP contribution is 2.19. The summed E-state index contributed by atoms with van der Waals surface area (Å²) in [7, 11) is 0. The molecule has 0 bridgehead atoms. The number of rotatable bonds is 5. The van der Waals surface area contributed by atoms with Crippen molar-refractivity contribution in [1.82, 2.24) is 4.90 Å². The Kier molecular flexibility index (Phi) is 5.02. The number of nitrogens with one attached hydrogen (secondary N) is 1. The van der Waals surface area contributed by atoms with Crippen LogP contribution in [-0.2, 0) is 11.3 Å². The fourth-order valence-electron chi connectivity index (χ4n) is 2.99. The summed E-state index contributed by atoms with van der Waals surface area (Å²) in [6.45, 7) is 3.11. The van der Waals surface area contributed by atoms with Crippen LogP contribution >= 0.6 is 0 Å². The third kappa shape index (κ3) is 3.91. The van der Waals surface area contributed by atoms with Crippen LogP contribution in [0.4, 0.5) is 5.69 Å². The van der Waals surface area contributed by atoms with Crippen molar-refractivity contribution in [2.75, 3.05) is 11.9 Å². The van der Waals surface area contributed by atoms with Crippen molar-refractivity contribution < 1.29 is 19.5 Å². The summed E-state index contributed by atoms with van der Waals surface area (Å²) in [6, 6.07) is 11.8. The van der Waals surface area contributed by atoms with Crippen LogP contribution in [-0.4, -0.2) is 34.3 Å². The lowest BCUT2D eigenvalue weighted by atomic mass is 10.1. The Morgan fingerprint density at radius 1 is 1.15 bits per heavy atom. The van der Waals surface area contributed by atoms with E-state index in [1.807, 2.05) is 12.1 Å². The molecular formula is C20H20N2O4. The van der Waals surface area contributed by atoms with Gasteiger partial charge in [-0.15, -0.1) is 0 Å². The predicted octanol–water partition coefficient (Wildman–Crippen LogP) is 3.07. The largest absolute Gasteiger partial charge is 0.478 e. The number of carboxylic acids is 1. The van der Waals surface area contributed by atoms with Crippen LogP contribution in [0.25, 0.3) is 0 Å². The fraction of sp³-hybridized carbons (Fsp3) is 0.250. The van der Waals surface area contributed by atoms with E-state index in [4.69, 9.17) is 0 Å². The SMILES string of the molecule is Cc1ccc(NC(=O)c2ccc(CN3CCCC3=O)cc2)c(C(=O)O)c1. The van der Waals surface area contributed by atoms with Crippen molar-refractivity contribution in [3.63, 3.8) is 0 Å². The lowest BCUT2D eigenvalue weighted by Crippen LogP contribution is -2.23. The molecule has 0 radical (unpaired) electrons. The highest BCUT2D eigenvalue weighted by atomic mass is 16.4. The minimum absolute atomic E-state index is 0.0579. The van der Waals surface area contributed by atoms with E-state index >= 15 is 0 Å². The lowest BCUT2D eigenvalue weighted by Gasteiger charge is -2.15. The Morgan fingerprint density at radius 3 is 2.50 bits per heavy atom. The van der Waals surface area contributed by atoms with Crippen LogP contribution in [0.1, 0.15) is 44.7 Å². The highest BCUT2D eigenvalue weighted by Gasteiger charge is 2.20. The zero-order valence-electron chi connectivity index (χ0n) is 14.5. The quantitative estimate of drug-likeness (QED) is 0.866. The van der Waals surface area contributed by atoms with E-state index < -0.39 is 5.97 Å². The molecule has 0 spiro atoms. The van der Waals surface area contributed by atoms with Crippen LogP contribution in [0.3, 0.4) is 0 Å². The number of hydrogen-bond acceptors (Lipinski definition) is 3. The molecule has 2 aromatic carbocycles. The molecule has 1 fully saturated rings. The van der Waals surface area contributed by atoms with Gasteiger partial charge in [0.2, 0.25) is 5.91 Å². The summed E-state index contributed by atoms with van der Waals surface area (Å²) in [5, 5.41) is 11.9. The normalized spacial score (nSPS) is 13.7. The van der Waals surface area contributed by atoms with Crippen LogP contribution < -0.4 is 5.32 Å². The smallest absolute Gasteiger partial charge is 0.337 e. The van der Waals surface area contributed by atoms with Crippen molar-refractivity contribution in [2.45, 2.75) is 26.3 Å². The van der Waals surface area contributed by atoms with E-state index in [-0.39, 0.29) is 23.1 Å². The van der Waals surface area contributed by atoms with Crippen molar-refractivity contribution in [2.24, 2.45) is 0 Å². The maximum atomic E-state index is 12.4. The number of anilines is 1. The zero-order chi connectivity index (χ0) is 18.7. The molecule has 0 saturated carbocycles. The second kappa shape index (κ2) is 7.39. The van der Waals surface area contributed by atoms with E-state index in [0.29, 0.717) is 18.5 Å². The maximum Gasteiger partial charge on any atom is 0.337 e. The summed E-state index contributed by atoms with van der Waals surface area (Å²) >= 11 is 0. The number of carbonyl (C=O) groups is 3. The number of hydrogen-bond donors (Lipinski definition) is 2. The Morgan fingerprint density at radius 2 is 1.88 bits per heavy atom. The summed E-state index contributed by atoms with van der Waals surface area (Å²) in [4.78, 5) is 37.2. The van der Waals surface area contributed by atoms with Crippen molar-refractivity contribution >= 4 is 23.5 Å². The van der Waals surface area contributed by atoms with E-state index in [0.717, 1.165) is 24.1 Å². The van der Waals surface area contributed by atoms with Gasteiger partial charge in [0.05, 0.1) is 11.3 Å². The Labute approximate surface area is 151 Å². The highest BCUT2D eigenvalue weighted by molar-refractivity contribution is 6.07. The molecule has 0 unspecified atom stereocenters. The molecule has 6 nitrogen and oxygen atoms in total. The number of carboxylic acid groups (broad SMARTS) is 1. The fourth-order valence-corrected chi connectivity index (χ4v) is 2.99. The van der Waals surface area contributed by atoms with Crippen LogP contribution in [0.2, 0.25) is 0 Å². The van der Waals surface area contributed by atoms with Crippen molar-refractivity contribution in [1.29, 1.82) is 0 Å². The van der Waals surface area contributed by atoms with Crippen molar-refractivity contribution in [3.05, 3.63) is 64.7 Å². The zero-order valence-corrected chi connectivity index (χ0v) is 14.5. The monoisotopic (exact) mass is 352 g/mol. The maximum absolute atomic E-state index is 12.4. The van der Waals surface area contributed by atoms with E-state index in [1.54, 1.807) is 36.1 Å². The molecule has 1 heterocycles. The molecule has 2 amide bonds. The van der Waals surface area contributed by atoms with Gasteiger partial charge in [-0.2, -0.15) is 0 Å². The van der Waals surface area contributed by atoms with Gasteiger partial charge in [-0.1, -0.05) is 23.8 Å². The predicted molar refractivity (Wildman–Crippen MR) is 97.2 cm³/mol. The first-order valence-electron chi connectivity index (χ1n) is 8.46. The molecule has 2 aromatic rings. The molecular weight excluding hydrogens is 332 g/mol. The molecule has 26 heavy (non-hydrogen) atoms. The lowest BCUT2D eigenvalue weighted by molar-refractivity contribution is -0.128. The van der Waals surface area contributed by atoms with Gasteiger partial charge in [0.25, 0.3) is 5.91 Å². The molecule has 3 rings (SSSR count). The molecule has 0 aromatic heterocycles. The summed E-state index contributed by atoms with van der Waals surface area (Å²) < 4.78 is 0. The molecule has 1 aliphatic heterocycles. The van der Waals surface area contributed by atoms with Crippen LogP contribution in [0.15, 0.2) is 42.5 Å². The molecule has 0 atom stereocenters. The first-order valence-corrected chi connectivity index (χ1v) is 8.46. The van der Waals surface area contributed by atoms with Gasteiger partial charge in [-0.25, -0.2) is 4.79 Å². The van der Waals surface area contributed by atoms with E-state index in [1.165, 1.54) is 6.07 Å². The minimum Gasteiger partial charge on any atom is -0.478 e. The topological polar surface area (TPSA) is 86.7 Å². The molecule has 1 aliphatic rings. The molecule has 6 heteroatoms. The number of nitrogens with zero attached hydrogens (tertiary/aromatic N) is 1. The summed E-state index contributed by atoms with van der Waals surface area (Å²) in [5.41, 5.74) is 2.51. The average Bonchev–Trinajstić information content (AvgIpc) is 3.01. The Bertz CT molecular complexity index is 859. The van der Waals surface area contributed by atoms with Gasteiger partial charge in [-0.05, 0) is 43.2 Å². The second-order valence-corrected chi connectivity index (χ2v) is 6.42. The van der Waals surface area contributed by atoms with Crippen LogP contribution in [0, 0.1) is 6.92 Å². The molecule has 134 valence electrons. The average molecular weight is 352 g/mol. The van der Waals surface area contributed by atoms with Crippen molar-refractivity contribution in [3.8, 4) is 0 Å². The summed E-state index contributed by atoms with van der Waals surface area (Å²) in [6.07, 6.45) is 1.49. The second-order valence-electron chi connectivity index (χ2n) is 6.42. The number of carbonyl (C=O) groups excluding carboxylic acids is 2. The molecule has 1 saturated heterocycles. The number of aromatic carboxylic acids is 1. The van der Waals surface area contributed by atoms with E-state index in [2.05, 4.69) is 5.32 Å². The standard InChI is InChI=1S/C20H20N2O4/c1-13-4-9-17(16(11-13)20(25)26)21-19(24)15-7-5-14(6-8-15)12-22-10-2-3-18(22)23/h4-9,11H,2-3,10,12H2,1H3,(H,21,24)(H,25,26). The first kappa shape index (κ1) is 17.7. The number of likely N-dealkylation sites (tertiary alicyclic amines) is 1. The third-order valence-corrected chi connectivity index (χ3v) is 4.41. The number of benzene rings is 2. The third-order valence-electron chi connectivity index (χ3n) is 4.41. The van der Waals surface area contributed by atoms with Gasteiger partial charge in [-0.3, -0.25) is 9.59 Å². The Hall–Kier alpha value is -3.15. The van der Waals surface area contributed by atoms with Gasteiger partial charge >= 0.3 is 5.97 Å². The van der Waals surface area contributed by atoms with Crippen LogP contribution in [0.5, 0.6) is 0 Å². The Balaban J connectivity index is 1.71. The number of aryl methyl sites for hydroxylation is 1. The van der Waals surface area contributed by atoms with Gasteiger partial charge < -0.3 is 15.3 Å². The van der Waals surface area contributed by atoms with Gasteiger partial charge in [0, 0.05) is 25.1 Å². The molecule has 2 N–H and O–H groups in total. The number of amides is 2.